The fourth-order valence-electron chi connectivity index (χ4n) is 3.95. The van der Waals surface area contributed by atoms with Crippen molar-refractivity contribution in [2.24, 2.45) is 5.10 Å². The summed E-state index contributed by atoms with van der Waals surface area (Å²) in [4.78, 5) is 16.6. The van der Waals surface area contributed by atoms with E-state index in [2.05, 4.69) is 5.10 Å². The fourth-order valence-corrected chi connectivity index (χ4v) is 4.76. The van der Waals surface area contributed by atoms with Gasteiger partial charge in [-0.2, -0.15) is 5.10 Å². The minimum Gasteiger partial charge on any atom is -0.508 e. The number of rotatable bonds is 8. The molecule has 0 saturated carbocycles. The first kappa shape index (κ1) is 21.2. The van der Waals surface area contributed by atoms with Gasteiger partial charge in [-0.1, -0.05) is 18.2 Å². The van der Waals surface area contributed by atoms with Crippen LogP contribution in [0, 0.1) is 0 Å². The highest BCUT2D eigenvalue weighted by Crippen LogP contribution is 2.35. The predicted octanol–water partition coefficient (Wildman–Crippen LogP) is 5.02. The van der Waals surface area contributed by atoms with Crippen molar-refractivity contribution < 1.29 is 18.7 Å². The lowest BCUT2D eigenvalue weighted by Gasteiger charge is -2.26. The second kappa shape index (κ2) is 9.48. The maximum absolute atomic E-state index is 13.5. The molecule has 5 rings (SSSR count). The van der Waals surface area contributed by atoms with Gasteiger partial charge in [-0.05, 0) is 53.4 Å². The van der Waals surface area contributed by atoms with Crippen LogP contribution in [0.3, 0.4) is 0 Å². The molecule has 0 saturated heterocycles. The maximum atomic E-state index is 13.5. The van der Waals surface area contributed by atoms with Gasteiger partial charge in [0.15, 0.2) is 0 Å². The van der Waals surface area contributed by atoms with Gasteiger partial charge in [0.05, 0.1) is 31.7 Å². The average molecular weight is 462 g/mol. The van der Waals surface area contributed by atoms with Crippen molar-refractivity contribution in [2.45, 2.75) is 25.6 Å². The van der Waals surface area contributed by atoms with Crippen molar-refractivity contribution in [3.63, 3.8) is 0 Å². The molecule has 0 fully saturated rings. The number of phenols is 1. The number of hydrazone groups is 1. The Labute approximate surface area is 195 Å². The van der Waals surface area contributed by atoms with E-state index in [1.807, 2.05) is 58.8 Å². The Bertz CT molecular complexity index is 1200. The Balaban J connectivity index is 1.38. The van der Waals surface area contributed by atoms with Gasteiger partial charge in [0.2, 0.25) is 0 Å². The van der Waals surface area contributed by atoms with Crippen LogP contribution in [0.5, 0.6) is 5.75 Å². The van der Waals surface area contributed by atoms with Gasteiger partial charge >= 0.3 is 0 Å². The summed E-state index contributed by atoms with van der Waals surface area (Å²) in [5.41, 5.74) is 1.76. The van der Waals surface area contributed by atoms with Gasteiger partial charge < -0.3 is 13.9 Å². The van der Waals surface area contributed by atoms with Crippen molar-refractivity contribution >= 4 is 23.0 Å². The summed E-state index contributed by atoms with van der Waals surface area (Å²) in [6, 6.07) is 18.3. The average Bonchev–Trinajstić information content (AvgIpc) is 3.62. The van der Waals surface area contributed by atoms with Crippen LogP contribution in [0.25, 0.3) is 0 Å². The number of thiophene rings is 1. The van der Waals surface area contributed by atoms with Crippen LogP contribution in [0.2, 0.25) is 0 Å². The van der Waals surface area contributed by atoms with Crippen LogP contribution in [-0.2, 0) is 17.9 Å². The minimum atomic E-state index is -0.156. The Hall–Kier alpha value is -3.62. The third kappa shape index (κ3) is 4.92. The molecule has 0 radical (unpaired) electrons. The molecular formula is C25H23N3O4S. The molecule has 0 bridgehead atoms. The van der Waals surface area contributed by atoms with Gasteiger partial charge in [0.25, 0.3) is 5.91 Å². The van der Waals surface area contributed by atoms with E-state index < -0.39 is 0 Å². The first-order valence-corrected chi connectivity index (χ1v) is 11.5. The Morgan fingerprint density at radius 3 is 2.58 bits per heavy atom. The lowest BCUT2D eigenvalue weighted by Crippen LogP contribution is -2.37. The lowest BCUT2D eigenvalue weighted by molar-refractivity contribution is -0.134. The van der Waals surface area contributed by atoms with Crippen molar-refractivity contribution in [1.29, 1.82) is 0 Å². The van der Waals surface area contributed by atoms with E-state index in [4.69, 9.17) is 8.83 Å². The number of furan rings is 2. The summed E-state index contributed by atoms with van der Waals surface area (Å²) in [6.45, 7) is 1.17. The van der Waals surface area contributed by atoms with Gasteiger partial charge in [0.1, 0.15) is 23.0 Å². The molecule has 4 heterocycles. The topological polar surface area (TPSA) is 82.4 Å². The Kier molecular flexibility index (Phi) is 6.10. The molecule has 8 heteroatoms. The molecule has 4 aromatic rings. The van der Waals surface area contributed by atoms with Crippen LogP contribution >= 0.6 is 11.3 Å². The van der Waals surface area contributed by atoms with Gasteiger partial charge in [-0.15, -0.1) is 11.3 Å². The number of carbonyl (C=O) groups is 1. The predicted molar refractivity (Wildman–Crippen MR) is 125 cm³/mol. The lowest BCUT2D eigenvalue weighted by atomic mass is 10.1. The van der Waals surface area contributed by atoms with E-state index in [1.165, 1.54) is 0 Å². The number of benzene rings is 1. The molecule has 1 N–H and O–H groups in total. The van der Waals surface area contributed by atoms with Crippen molar-refractivity contribution in [3.05, 3.63) is 101 Å². The standard InChI is InChI=1S/C25H23N3O4S/c29-19-9-7-18(8-10-19)15-27(16-20-4-1-11-31-20)17-25(30)28-22(24-6-3-13-33-24)14-21(26-28)23-5-2-12-32-23/h1-13,22,29H,14-17H2/t22-/m1/s1. The van der Waals surface area contributed by atoms with Crippen LogP contribution in [0.4, 0.5) is 0 Å². The second-order valence-corrected chi connectivity index (χ2v) is 8.87. The number of hydrogen-bond acceptors (Lipinski definition) is 7. The van der Waals surface area contributed by atoms with Gasteiger partial charge in [-0.25, -0.2) is 5.01 Å². The van der Waals surface area contributed by atoms with E-state index in [0.29, 0.717) is 25.3 Å². The third-order valence-corrected chi connectivity index (χ3v) is 6.48. The molecule has 0 spiro atoms. The van der Waals surface area contributed by atoms with Crippen molar-refractivity contribution in [2.75, 3.05) is 6.54 Å². The van der Waals surface area contributed by atoms with E-state index in [9.17, 15) is 9.90 Å². The van der Waals surface area contributed by atoms with Crippen molar-refractivity contribution in [3.8, 4) is 5.75 Å². The summed E-state index contributed by atoms with van der Waals surface area (Å²) in [7, 11) is 0. The normalized spacial score (nSPS) is 15.8. The van der Waals surface area contributed by atoms with E-state index >= 15 is 0 Å². The highest BCUT2D eigenvalue weighted by molar-refractivity contribution is 7.10. The summed E-state index contributed by atoms with van der Waals surface area (Å²) in [5.74, 6) is 1.57. The zero-order chi connectivity index (χ0) is 22.6. The molecule has 0 aliphatic carbocycles. The maximum Gasteiger partial charge on any atom is 0.257 e. The van der Waals surface area contributed by atoms with Crippen LogP contribution in [0.1, 0.15) is 34.4 Å². The fraction of sp³-hybridized carbons (Fsp3) is 0.200. The molecule has 3 aromatic heterocycles. The van der Waals surface area contributed by atoms with E-state index in [-0.39, 0.29) is 24.2 Å². The minimum absolute atomic E-state index is 0.0970. The molecule has 1 aliphatic heterocycles. The Morgan fingerprint density at radius 1 is 1.06 bits per heavy atom. The van der Waals surface area contributed by atoms with Crippen LogP contribution < -0.4 is 0 Å². The molecule has 1 atom stereocenters. The smallest absolute Gasteiger partial charge is 0.257 e. The quantitative estimate of drug-likeness (QED) is 0.398. The Morgan fingerprint density at radius 2 is 1.88 bits per heavy atom. The number of carbonyl (C=O) groups excluding carboxylic acids is 1. The molecule has 33 heavy (non-hydrogen) atoms. The van der Waals surface area contributed by atoms with Gasteiger partial charge in [-0.3, -0.25) is 9.69 Å². The molecule has 1 amide bonds. The highest BCUT2D eigenvalue weighted by atomic mass is 32.1. The first-order chi connectivity index (χ1) is 16.2. The number of amides is 1. The zero-order valence-corrected chi connectivity index (χ0v) is 18.6. The number of phenolic OH excluding ortho intramolecular Hbond substituents is 1. The third-order valence-electron chi connectivity index (χ3n) is 5.50. The molecule has 1 aromatic carbocycles. The molecule has 168 valence electrons. The summed E-state index contributed by atoms with van der Waals surface area (Å²) in [5, 5.41) is 17.9. The summed E-state index contributed by atoms with van der Waals surface area (Å²) in [6.07, 6.45) is 3.85. The molecule has 1 aliphatic rings. The highest BCUT2D eigenvalue weighted by Gasteiger charge is 2.35. The van der Waals surface area contributed by atoms with Crippen LogP contribution in [0.15, 0.2) is 92.5 Å². The number of aromatic hydroxyl groups is 1. The van der Waals surface area contributed by atoms with Crippen molar-refractivity contribution in [1.82, 2.24) is 9.91 Å². The second-order valence-electron chi connectivity index (χ2n) is 7.89. The monoisotopic (exact) mass is 461 g/mol. The first-order valence-electron chi connectivity index (χ1n) is 10.6. The summed E-state index contributed by atoms with van der Waals surface area (Å²) >= 11 is 1.62. The van der Waals surface area contributed by atoms with E-state index in [1.54, 1.807) is 41.0 Å². The largest absolute Gasteiger partial charge is 0.508 e. The SMILES string of the molecule is O=C(CN(Cc1ccc(O)cc1)Cc1ccco1)N1N=C(c2ccco2)C[C@@H]1c1cccs1. The zero-order valence-electron chi connectivity index (χ0n) is 17.8. The molecule has 0 unspecified atom stereocenters. The summed E-state index contributed by atoms with van der Waals surface area (Å²) < 4.78 is 11.1. The number of hydrogen-bond donors (Lipinski definition) is 1. The molecular weight excluding hydrogens is 438 g/mol. The number of nitrogens with zero attached hydrogens (tertiary/aromatic N) is 3. The van der Waals surface area contributed by atoms with E-state index in [0.717, 1.165) is 21.9 Å². The van der Waals surface area contributed by atoms with Gasteiger partial charge in [0, 0.05) is 17.8 Å². The molecule has 7 nitrogen and oxygen atoms in total. The van der Waals surface area contributed by atoms with Crippen LogP contribution in [-0.4, -0.2) is 33.2 Å².